The molecule has 0 unspecified atom stereocenters. The largest absolute Gasteiger partial charge is 0.378 e. The molecule has 2 aromatic rings. The molecule has 0 spiro atoms. The van der Waals surface area contributed by atoms with Crippen LogP contribution in [0.25, 0.3) is 0 Å². The molecule has 1 N–H and O–H groups in total. The lowest BCUT2D eigenvalue weighted by Crippen LogP contribution is -2.36. The van der Waals surface area contributed by atoms with E-state index < -0.39 is 10.8 Å². The van der Waals surface area contributed by atoms with E-state index in [0.717, 1.165) is 31.6 Å². The summed E-state index contributed by atoms with van der Waals surface area (Å²) < 4.78 is 5.34. The second kappa shape index (κ2) is 9.53. The number of para-hydroxylation sites is 1. The molecule has 0 atom stereocenters. The van der Waals surface area contributed by atoms with E-state index in [4.69, 9.17) is 16.3 Å². The van der Waals surface area contributed by atoms with Gasteiger partial charge in [0.2, 0.25) is 0 Å². The van der Waals surface area contributed by atoms with Gasteiger partial charge in [-0.1, -0.05) is 17.7 Å². The highest BCUT2D eigenvalue weighted by molar-refractivity contribution is 6.34. The fraction of sp³-hybridized carbons (Fsp3) is 0.409. The van der Waals surface area contributed by atoms with E-state index in [1.807, 2.05) is 4.90 Å². The highest BCUT2D eigenvalue weighted by Gasteiger charge is 2.25. The quantitative estimate of drug-likeness (QED) is 0.545. The number of ether oxygens (including phenoxy) is 1. The molecule has 2 saturated heterocycles. The maximum absolute atomic E-state index is 13.1. The van der Waals surface area contributed by atoms with Crippen molar-refractivity contribution in [2.75, 3.05) is 54.5 Å². The first-order chi connectivity index (χ1) is 15.0. The van der Waals surface area contributed by atoms with Crippen LogP contribution in [0.15, 0.2) is 36.4 Å². The van der Waals surface area contributed by atoms with E-state index in [9.17, 15) is 14.9 Å². The van der Waals surface area contributed by atoms with Crippen LogP contribution in [0.2, 0.25) is 5.02 Å². The van der Waals surface area contributed by atoms with E-state index in [1.54, 1.807) is 24.3 Å². The van der Waals surface area contributed by atoms with Gasteiger partial charge >= 0.3 is 0 Å². The van der Waals surface area contributed by atoms with Crippen LogP contribution >= 0.6 is 11.6 Å². The number of nitrogens with zero attached hydrogens (tertiary/aromatic N) is 3. The summed E-state index contributed by atoms with van der Waals surface area (Å²) in [5.41, 5.74) is 1.84. The summed E-state index contributed by atoms with van der Waals surface area (Å²) in [7, 11) is 0. The number of nitrogens with one attached hydrogen (secondary N) is 1. The van der Waals surface area contributed by atoms with Gasteiger partial charge in [0.05, 0.1) is 34.5 Å². The van der Waals surface area contributed by atoms with Crippen molar-refractivity contribution in [1.82, 2.24) is 0 Å². The summed E-state index contributed by atoms with van der Waals surface area (Å²) in [6.07, 6.45) is 3.30. The van der Waals surface area contributed by atoms with Crippen LogP contribution < -0.4 is 15.1 Å². The highest BCUT2D eigenvalue weighted by atomic mass is 35.5. The fourth-order valence-corrected chi connectivity index (χ4v) is 4.42. The summed E-state index contributed by atoms with van der Waals surface area (Å²) in [6, 6.07) is 10.1. The molecule has 2 aliphatic rings. The number of hydrogen-bond acceptors (Lipinski definition) is 6. The van der Waals surface area contributed by atoms with Gasteiger partial charge < -0.3 is 19.9 Å². The number of amides is 1. The van der Waals surface area contributed by atoms with E-state index >= 15 is 0 Å². The zero-order chi connectivity index (χ0) is 21.8. The molecule has 0 aliphatic carbocycles. The molecule has 31 heavy (non-hydrogen) atoms. The zero-order valence-electron chi connectivity index (χ0n) is 17.2. The van der Waals surface area contributed by atoms with Gasteiger partial charge in [0, 0.05) is 37.9 Å². The second-order valence-electron chi connectivity index (χ2n) is 7.70. The van der Waals surface area contributed by atoms with Crippen LogP contribution in [0.5, 0.6) is 0 Å². The zero-order valence-corrected chi connectivity index (χ0v) is 17.9. The third kappa shape index (κ3) is 4.75. The molecule has 0 aromatic heterocycles. The van der Waals surface area contributed by atoms with Crippen LogP contribution in [0.3, 0.4) is 0 Å². The Labute approximate surface area is 185 Å². The van der Waals surface area contributed by atoms with Crippen LogP contribution in [0.4, 0.5) is 22.7 Å². The first-order valence-corrected chi connectivity index (χ1v) is 10.9. The predicted octanol–water partition coefficient (Wildman–Crippen LogP) is 4.33. The SMILES string of the molecule is O=C(Nc1cccc(Cl)c1N1CCCCC1)c1ccc(N2CCOCC2)cc1[N+](=O)[O-]. The molecule has 1 amide bonds. The minimum absolute atomic E-state index is 0.0200. The number of carbonyl (C=O) groups is 1. The summed E-state index contributed by atoms with van der Waals surface area (Å²) in [6.45, 7) is 4.19. The summed E-state index contributed by atoms with van der Waals surface area (Å²) in [5, 5.41) is 15.1. The minimum Gasteiger partial charge on any atom is -0.378 e. The molecular formula is C22H25ClN4O4. The van der Waals surface area contributed by atoms with Gasteiger partial charge in [-0.25, -0.2) is 0 Å². The van der Waals surface area contributed by atoms with Gasteiger partial charge in [-0.05, 0) is 43.5 Å². The molecule has 4 rings (SSSR count). The van der Waals surface area contributed by atoms with E-state index in [2.05, 4.69) is 10.2 Å². The van der Waals surface area contributed by atoms with E-state index in [0.29, 0.717) is 42.7 Å². The maximum atomic E-state index is 13.1. The summed E-state index contributed by atoms with van der Waals surface area (Å²) in [4.78, 5) is 28.5. The minimum atomic E-state index is -0.527. The number of hydrogen-bond donors (Lipinski definition) is 1. The number of piperidine rings is 1. The number of anilines is 3. The maximum Gasteiger partial charge on any atom is 0.284 e. The average molecular weight is 445 g/mol. The fourth-order valence-electron chi connectivity index (χ4n) is 4.13. The van der Waals surface area contributed by atoms with Crippen molar-refractivity contribution >= 4 is 40.3 Å². The molecule has 2 aliphatic heterocycles. The number of nitro groups is 1. The van der Waals surface area contributed by atoms with Crippen molar-refractivity contribution in [3.05, 3.63) is 57.1 Å². The van der Waals surface area contributed by atoms with Crippen molar-refractivity contribution in [3.63, 3.8) is 0 Å². The Balaban J connectivity index is 1.61. The Kier molecular flexibility index (Phi) is 6.58. The Morgan fingerprint density at radius 2 is 1.77 bits per heavy atom. The van der Waals surface area contributed by atoms with Crippen LogP contribution in [0.1, 0.15) is 29.6 Å². The molecule has 164 valence electrons. The van der Waals surface area contributed by atoms with E-state index in [-0.39, 0.29) is 11.3 Å². The standard InChI is InChI=1S/C22H25ClN4O4/c23-18-5-4-6-19(21(18)26-9-2-1-3-10-26)24-22(28)17-8-7-16(15-20(17)27(29)30)25-11-13-31-14-12-25/h4-8,15H,1-3,9-14H2,(H,24,28). The van der Waals surface area contributed by atoms with Gasteiger partial charge in [0.1, 0.15) is 5.56 Å². The number of benzene rings is 2. The number of halogens is 1. The molecular weight excluding hydrogens is 420 g/mol. The number of carbonyl (C=O) groups excluding carboxylic acids is 1. The topological polar surface area (TPSA) is 88.0 Å². The molecule has 2 aromatic carbocycles. The van der Waals surface area contributed by atoms with Gasteiger partial charge in [-0.2, -0.15) is 0 Å². The Hall–Kier alpha value is -2.84. The lowest BCUT2D eigenvalue weighted by Gasteiger charge is -2.31. The van der Waals surface area contributed by atoms with Gasteiger partial charge in [0.25, 0.3) is 11.6 Å². The van der Waals surface area contributed by atoms with Crippen molar-refractivity contribution in [2.24, 2.45) is 0 Å². The number of nitro benzene ring substituents is 1. The molecule has 2 heterocycles. The average Bonchev–Trinajstić information content (AvgIpc) is 2.80. The van der Waals surface area contributed by atoms with Crippen LogP contribution in [-0.4, -0.2) is 50.2 Å². The third-order valence-corrected chi connectivity index (χ3v) is 6.01. The van der Waals surface area contributed by atoms with Gasteiger partial charge in [0.15, 0.2) is 0 Å². The summed E-state index contributed by atoms with van der Waals surface area (Å²) in [5.74, 6) is -0.527. The predicted molar refractivity (Wildman–Crippen MR) is 122 cm³/mol. The van der Waals surface area contributed by atoms with E-state index in [1.165, 1.54) is 18.6 Å². The van der Waals surface area contributed by atoms with Crippen LogP contribution in [0, 0.1) is 10.1 Å². The first-order valence-electron chi connectivity index (χ1n) is 10.5. The normalized spacial score (nSPS) is 16.8. The van der Waals surface area contributed by atoms with Crippen LogP contribution in [-0.2, 0) is 4.74 Å². The van der Waals surface area contributed by atoms with Crippen molar-refractivity contribution in [1.29, 1.82) is 0 Å². The smallest absolute Gasteiger partial charge is 0.284 e. The molecule has 9 heteroatoms. The Morgan fingerprint density at radius 1 is 1.03 bits per heavy atom. The second-order valence-corrected chi connectivity index (χ2v) is 8.10. The molecule has 2 fully saturated rings. The van der Waals surface area contributed by atoms with Gasteiger partial charge in [-0.3, -0.25) is 14.9 Å². The lowest BCUT2D eigenvalue weighted by molar-refractivity contribution is -0.385. The Morgan fingerprint density at radius 3 is 2.48 bits per heavy atom. The third-order valence-electron chi connectivity index (χ3n) is 5.71. The van der Waals surface area contributed by atoms with Gasteiger partial charge in [-0.15, -0.1) is 0 Å². The molecule has 0 saturated carbocycles. The monoisotopic (exact) mass is 444 g/mol. The van der Waals surface area contributed by atoms with Crippen molar-refractivity contribution in [3.8, 4) is 0 Å². The summed E-state index contributed by atoms with van der Waals surface area (Å²) >= 11 is 6.46. The van der Waals surface area contributed by atoms with Crippen molar-refractivity contribution in [2.45, 2.75) is 19.3 Å². The molecule has 0 bridgehead atoms. The molecule has 0 radical (unpaired) electrons. The van der Waals surface area contributed by atoms with Crippen molar-refractivity contribution < 1.29 is 14.5 Å². The number of morpholine rings is 1. The lowest BCUT2D eigenvalue weighted by atomic mass is 10.1. The Bertz CT molecular complexity index is 972. The number of rotatable bonds is 5. The molecule has 8 nitrogen and oxygen atoms in total. The highest BCUT2D eigenvalue weighted by Crippen LogP contribution is 2.36. The first kappa shape index (κ1) is 21.4.